The van der Waals surface area contributed by atoms with Crippen molar-refractivity contribution in [2.45, 2.75) is 106 Å². The molecule has 0 heterocycles. The molecule has 0 amide bonds. The second-order valence-electron chi connectivity index (χ2n) is 15.6. The van der Waals surface area contributed by atoms with Gasteiger partial charge in [-0.3, -0.25) is 0 Å². The van der Waals surface area contributed by atoms with Crippen LogP contribution < -0.4 is 5.73 Å². The fourth-order valence-corrected chi connectivity index (χ4v) is 11.9. The van der Waals surface area contributed by atoms with E-state index < -0.39 is 5.97 Å². The van der Waals surface area contributed by atoms with E-state index in [2.05, 4.69) is 60.1 Å². The third-order valence-electron chi connectivity index (χ3n) is 14.0. The highest BCUT2D eigenvalue weighted by Gasteiger charge is 2.69. The van der Waals surface area contributed by atoms with Gasteiger partial charge in [0.15, 0.2) is 0 Å². The van der Waals surface area contributed by atoms with Gasteiger partial charge in [-0.1, -0.05) is 65.3 Å². The second-order valence-corrected chi connectivity index (χ2v) is 15.6. The molecule has 5 aliphatic carbocycles. The zero-order chi connectivity index (χ0) is 31.1. The number of rotatable bonds is 3. The number of allylic oxidation sites excluding steroid dienone is 3. The molecule has 3 unspecified atom stereocenters. The number of terminal acetylenes is 1. The number of hydrogen-bond donors (Lipinski definition) is 2. The molecule has 42 heavy (non-hydrogen) atoms. The Morgan fingerprint density at radius 3 is 2.17 bits per heavy atom. The SMILES string of the molecule is C#C.C=CC.CC1(C)C(c2ccc(C(=O)O)cc2)=CC[C@@]2(C)C1CC[C@]1(C)C2CC[C@@H]2C3CCC[C@]3(CN)CC[C@]21C. The number of nitrogens with two attached hydrogens (primary N) is 1. The van der Waals surface area contributed by atoms with Crippen LogP contribution in [0.5, 0.6) is 0 Å². The van der Waals surface area contributed by atoms with Gasteiger partial charge in [0.1, 0.15) is 0 Å². The predicted molar refractivity (Wildman–Crippen MR) is 177 cm³/mol. The Kier molecular flexibility index (Phi) is 9.04. The highest BCUT2D eigenvalue weighted by atomic mass is 16.4. The first kappa shape index (κ1) is 32.6. The maximum absolute atomic E-state index is 11.4. The van der Waals surface area contributed by atoms with E-state index >= 15 is 0 Å². The van der Waals surface area contributed by atoms with Gasteiger partial charge in [0.05, 0.1) is 5.56 Å². The van der Waals surface area contributed by atoms with Crippen LogP contribution in [0.25, 0.3) is 5.57 Å². The Morgan fingerprint density at radius 2 is 1.57 bits per heavy atom. The molecule has 1 aromatic rings. The first-order valence-electron chi connectivity index (χ1n) is 16.5. The van der Waals surface area contributed by atoms with E-state index in [0.717, 1.165) is 30.7 Å². The summed E-state index contributed by atoms with van der Waals surface area (Å²) in [7, 11) is 0. The number of fused-ring (bicyclic) bond motifs is 7. The second kappa shape index (κ2) is 11.6. The van der Waals surface area contributed by atoms with Crippen LogP contribution in [-0.2, 0) is 0 Å². The lowest BCUT2D eigenvalue weighted by molar-refractivity contribution is -0.221. The molecular formula is C39H57NO2. The summed E-state index contributed by atoms with van der Waals surface area (Å²) < 4.78 is 0. The Balaban J connectivity index is 0.000000763. The van der Waals surface area contributed by atoms with E-state index in [0.29, 0.717) is 33.1 Å². The van der Waals surface area contributed by atoms with Gasteiger partial charge in [-0.05, 0) is 145 Å². The lowest BCUT2D eigenvalue weighted by atomic mass is 9.32. The topological polar surface area (TPSA) is 63.3 Å². The molecule has 3 N–H and O–H groups in total. The molecule has 6 rings (SSSR count). The van der Waals surface area contributed by atoms with Crippen LogP contribution in [0.4, 0.5) is 0 Å². The Morgan fingerprint density at radius 1 is 0.929 bits per heavy atom. The molecule has 4 fully saturated rings. The molecule has 8 atom stereocenters. The number of hydrogen-bond acceptors (Lipinski definition) is 2. The van der Waals surface area contributed by atoms with Crippen molar-refractivity contribution in [2.24, 2.45) is 56.5 Å². The van der Waals surface area contributed by atoms with E-state index in [1.165, 1.54) is 68.9 Å². The molecule has 4 saturated carbocycles. The molecule has 0 spiro atoms. The summed E-state index contributed by atoms with van der Waals surface area (Å²) in [6.45, 7) is 19.2. The Labute approximate surface area is 256 Å². The van der Waals surface area contributed by atoms with Crippen LogP contribution in [0, 0.1) is 63.6 Å². The van der Waals surface area contributed by atoms with Crippen molar-refractivity contribution in [1.82, 2.24) is 0 Å². The Bertz CT molecular complexity index is 1210. The molecule has 3 nitrogen and oxygen atoms in total. The van der Waals surface area contributed by atoms with Crippen molar-refractivity contribution in [3.05, 3.63) is 54.1 Å². The summed E-state index contributed by atoms with van der Waals surface area (Å²) in [5, 5.41) is 9.37. The van der Waals surface area contributed by atoms with Crippen molar-refractivity contribution in [1.29, 1.82) is 0 Å². The minimum Gasteiger partial charge on any atom is -0.478 e. The largest absolute Gasteiger partial charge is 0.478 e. The van der Waals surface area contributed by atoms with Crippen molar-refractivity contribution in [3.63, 3.8) is 0 Å². The van der Waals surface area contributed by atoms with Gasteiger partial charge in [0.2, 0.25) is 0 Å². The average Bonchev–Trinajstić information content (AvgIpc) is 3.39. The molecule has 3 heteroatoms. The third-order valence-corrected chi connectivity index (χ3v) is 14.0. The number of carboxylic acids is 1. The van der Waals surface area contributed by atoms with Gasteiger partial charge in [0.25, 0.3) is 0 Å². The zero-order valence-corrected chi connectivity index (χ0v) is 27.3. The standard InChI is InChI=1S/C34H49NO2.C3H6.C2H2/c1-30(2)24(22-8-10-23(11-9-22)29(36)37)14-17-31(3)27(30)15-18-33(5)28(31)13-12-25-26-7-6-16-34(26,21-35)20-19-32(25,33)4;1-3-2;1-2/h8-11,14,25-28H,6-7,12-13,15-21,35H2,1-5H3,(H,36,37);3H,1H2,2H3;1-2H/t25-,26?,27?,28?,31+,32-,33-,34-;;/m1../s1. The Hall–Kier alpha value is -2.31. The molecule has 0 saturated heterocycles. The van der Waals surface area contributed by atoms with Crippen molar-refractivity contribution < 1.29 is 9.90 Å². The summed E-state index contributed by atoms with van der Waals surface area (Å²) in [5.41, 5.74) is 11.1. The van der Waals surface area contributed by atoms with E-state index in [-0.39, 0.29) is 5.41 Å². The maximum atomic E-state index is 11.4. The quantitative estimate of drug-likeness (QED) is 0.280. The van der Waals surface area contributed by atoms with Gasteiger partial charge in [-0.2, -0.15) is 0 Å². The third kappa shape index (κ3) is 4.63. The molecular weight excluding hydrogens is 514 g/mol. The molecule has 1 aromatic carbocycles. The smallest absolute Gasteiger partial charge is 0.335 e. The van der Waals surface area contributed by atoms with Gasteiger partial charge < -0.3 is 10.8 Å². The fraction of sp³-hybridized carbons (Fsp3) is 0.667. The highest BCUT2D eigenvalue weighted by molar-refractivity contribution is 5.88. The minimum atomic E-state index is -0.851. The predicted octanol–water partition coefficient (Wildman–Crippen LogP) is 9.63. The van der Waals surface area contributed by atoms with E-state index in [1.807, 2.05) is 19.1 Å². The van der Waals surface area contributed by atoms with E-state index in [1.54, 1.807) is 18.2 Å². The normalized spacial score (nSPS) is 41.0. The van der Waals surface area contributed by atoms with Crippen LogP contribution in [0.2, 0.25) is 0 Å². The lowest BCUT2D eigenvalue weighted by Crippen LogP contribution is -2.65. The number of carboxylic acid groups (broad SMARTS) is 1. The number of carbonyl (C=O) groups is 1. The van der Waals surface area contributed by atoms with Crippen LogP contribution >= 0.6 is 0 Å². The fourth-order valence-electron chi connectivity index (χ4n) is 11.9. The zero-order valence-electron chi connectivity index (χ0n) is 27.3. The first-order valence-corrected chi connectivity index (χ1v) is 16.5. The minimum absolute atomic E-state index is 0.0730. The molecule has 0 radical (unpaired) electrons. The molecule has 0 aliphatic heterocycles. The van der Waals surface area contributed by atoms with Crippen LogP contribution in [0.3, 0.4) is 0 Å². The number of benzene rings is 1. The summed E-state index contributed by atoms with van der Waals surface area (Å²) in [6, 6.07) is 7.62. The van der Waals surface area contributed by atoms with Gasteiger partial charge in [-0.15, -0.1) is 19.4 Å². The van der Waals surface area contributed by atoms with Crippen LogP contribution in [-0.4, -0.2) is 17.6 Å². The van der Waals surface area contributed by atoms with Crippen LogP contribution in [0.1, 0.15) is 122 Å². The van der Waals surface area contributed by atoms with Gasteiger partial charge in [0, 0.05) is 0 Å². The monoisotopic (exact) mass is 571 g/mol. The van der Waals surface area contributed by atoms with E-state index in [4.69, 9.17) is 5.73 Å². The molecule has 0 aromatic heterocycles. The molecule has 0 bridgehead atoms. The summed E-state index contributed by atoms with van der Waals surface area (Å²) in [4.78, 5) is 11.4. The summed E-state index contributed by atoms with van der Waals surface area (Å²) in [6.07, 6.45) is 25.8. The molecule has 230 valence electrons. The van der Waals surface area contributed by atoms with E-state index in [9.17, 15) is 9.90 Å². The maximum Gasteiger partial charge on any atom is 0.335 e. The summed E-state index contributed by atoms with van der Waals surface area (Å²) in [5.74, 6) is 2.26. The van der Waals surface area contributed by atoms with Crippen molar-refractivity contribution in [2.75, 3.05) is 6.54 Å². The van der Waals surface area contributed by atoms with Crippen molar-refractivity contribution in [3.8, 4) is 12.8 Å². The molecule has 5 aliphatic rings. The van der Waals surface area contributed by atoms with Gasteiger partial charge >= 0.3 is 5.97 Å². The van der Waals surface area contributed by atoms with Crippen LogP contribution in [0.15, 0.2) is 43.0 Å². The average molecular weight is 572 g/mol. The first-order chi connectivity index (χ1) is 19.8. The summed E-state index contributed by atoms with van der Waals surface area (Å²) >= 11 is 0. The van der Waals surface area contributed by atoms with Gasteiger partial charge in [-0.25, -0.2) is 4.79 Å². The highest BCUT2D eigenvalue weighted by Crippen LogP contribution is 2.76. The van der Waals surface area contributed by atoms with Crippen molar-refractivity contribution >= 4 is 11.5 Å². The lowest BCUT2D eigenvalue weighted by Gasteiger charge is -2.72. The number of aromatic carboxylic acids is 1.